The van der Waals surface area contributed by atoms with Crippen molar-refractivity contribution in [3.63, 3.8) is 0 Å². The Morgan fingerprint density at radius 1 is 1.19 bits per heavy atom. The van der Waals surface area contributed by atoms with Crippen molar-refractivity contribution in [3.05, 3.63) is 53.3 Å². The van der Waals surface area contributed by atoms with E-state index in [0.29, 0.717) is 18.7 Å². The Labute approximate surface area is 125 Å². The predicted molar refractivity (Wildman–Crippen MR) is 83.1 cm³/mol. The Kier molecular flexibility index (Phi) is 3.46. The third-order valence-corrected chi connectivity index (χ3v) is 4.02. The summed E-state index contributed by atoms with van der Waals surface area (Å²) in [6.07, 6.45) is 0. The maximum Gasteiger partial charge on any atom is 0.131 e. The minimum Gasteiger partial charge on any atom is -0.492 e. The van der Waals surface area contributed by atoms with E-state index in [0.717, 1.165) is 22.4 Å². The molecule has 0 radical (unpaired) electrons. The lowest BCUT2D eigenvalue weighted by Gasteiger charge is -2.16. The smallest absolute Gasteiger partial charge is 0.131 e. The lowest BCUT2D eigenvalue weighted by Crippen LogP contribution is -2.18. The highest BCUT2D eigenvalue weighted by molar-refractivity contribution is 5.68. The average molecular weight is 285 g/mol. The quantitative estimate of drug-likeness (QED) is 0.924. The van der Waals surface area contributed by atoms with E-state index >= 15 is 0 Å². The summed E-state index contributed by atoms with van der Waals surface area (Å²) >= 11 is 0. The van der Waals surface area contributed by atoms with Crippen molar-refractivity contribution in [2.75, 3.05) is 13.7 Å². The van der Waals surface area contributed by atoms with E-state index in [1.54, 1.807) is 6.07 Å². The fourth-order valence-electron chi connectivity index (χ4n) is 2.80. The van der Waals surface area contributed by atoms with Crippen LogP contribution in [0.5, 0.6) is 5.75 Å². The van der Waals surface area contributed by atoms with E-state index in [4.69, 9.17) is 4.74 Å². The van der Waals surface area contributed by atoms with E-state index in [-0.39, 0.29) is 11.2 Å². The SMILES string of the molecule is CNCc1ccc(-c2ccc3c(c2)C(C)(C)CO3)c(F)c1. The van der Waals surface area contributed by atoms with E-state index in [2.05, 4.69) is 25.2 Å². The van der Waals surface area contributed by atoms with Gasteiger partial charge in [-0.05, 0) is 36.4 Å². The molecule has 110 valence electrons. The van der Waals surface area contributed by atoms with Gasteiger partial charge < -0.3 is 10.1 Å². The number of ether oxygens (including phenoxy) is 1. The van der Waals surface area contributed by atoms with Gasteiger partial charge in [0.25, 0.3) is 0 Å². The summed E-state index contributed by atoms with van der Waals surface area (Å²) < 4.78 is 20.0. The second kappa shape index (κ2) is 5.15. The molecule has 0 aliphatic carbocycles. The molecule has 21 heavy (non-hydrogen) atoms. The first-order valence-electron chi connectivity index (χ1n) is 7.22. The molecule has 0 fully saturated rings. The van der Waals surface area contributed by atoms with Crippen LogP contribution in [0.15, 0.2) is 36.4 Å². The lowest BCUT2D eigenvalue weighted by molar-refractivity contribution is 0.291. The molecule has 2 aromatic rings. The minimum atomic E-state index is -0.181. The van der Waals surface area contributed by atoms with Crippen molar-refractivity contribution in [3.8, 4) is 16.9 Å². The second-order valence-corrected chi connectivity index (χ2v) is 6.23. The van der Waals surface area contributed by atoms with Crippen LogP contribution in [0.4, 0.5) is 4.39 Å². The molecule has 0 aromatic heterocycles. The topological polar surface area (TPSA) is 21.3 Å². The minimum absolute atomic E-state index is 0.0199. The fourth-order valence-corrected chi connectivity index (χ4v) is 2.80. The average Bonchev–Trinajstić information content (AvgIpc) is 2.75. The Bertz CT molecular complexity index is 679. The molecule has 3 rings (SSSR count). The number of halogens is 1. The van der Waals surface area contributed by atoms with Crippen LogP contribution in [0.1, 0.15) is 25.0 Å². The molecular formula is C18H20FNO. The van der Waals surface area contributed by atoms with E-state index in [1.165, 1.54) is 0 Å². The van der Waals surface area contributed by atoms with E-state index in [9.17, 15) is 4.39 Å². The molecule has 1 aliphatic rings. The van der Waals surface area contributed by atoms with Gasteiger partial charge in [-0.25, -0.2) is 4.39 Å². The van der Waals surface area contributed by atoms with Crippen molar-refractivity contribution < 1.29 is 9.13 Å². The summed E-state index contributed by atoms with van der Waals surface area (Å²) in [5.41, 5.74) is 3.62. The van der Waals surface area contributed by atoms with Crippen LogP contribution in [0.3, 0.4) is 0 Å². The van der Waals surface area contributed by atoms with E-state index in [1.807, 2.05) is 31.3 Å². The second-order valence-electron chi connectivity index (χ2n) is 6.23. The number of fused-ring (bicyclic) bond motifs is 1. The summed E-state index contributed by atoms with van der Waals surface area (Å²) in [6.45, 7) is 5.64. The zero-order valence-electron chi connectivity index (χ0n) is 12.7. The zero-order chi connectivity index (χ0) is 15.0. The highest BCUT2D eigenvalue weighted by Crippen LogP contribution is 2.40. The largest absolute Gasteiger partial charge is 0.492 e. The van der Waals surface area contributed by atoms with Gasteiger partial charge in [0.05, 0.1) is 6.61 Å². The first-order chi connectivity index (χ1) is 10.0. The molecule has 2 aromatic carbocycles. The molecule has 0 spiro atoms. The number of benzene rings is 2. The van der Waals surface area contributed by atoms with Gasteiger partial charge in [-0.2, -0.15) is 0 Å². The zero-order valence-corrected chi connectivity index (χ0v) is 12.7. The molecule has 1 heterocycles. The monoisotopic (exact) mass is 285 g/mol. The number of hydrogen-bond donors (Lipinski definition) is 1. The molecule has 0 saturated heterocycles. The van der Waals surface area contributed by atoms with Gasteiger partial charge in [-0.1, -0.05) is 32.0 Å². The van der Waals surface area contributed by atoms with Crippen LogP contribution in [0.2, 0.25) is 0 Å². The number of rotatable bonds is 3. The highest BCUT2D eigenvalue weighted by atomic mass is 19.1. The van der Waals surface area contributed by atoms with Crippen LogP contribution < -0.4 is 10.1 Å². The molecule has 0 saturated carbocycles. The number of nitrogens with one attached hydrogen (secondary N) is 1. The molecule has 0 amide bonds. The Morgan fingerprint density at radius 2 is 2.00 bits per heavy atom. The predicted octanol–water partition coefficient (Wildman–Crippen LogP) is 3.88. The van der Waals surface area contributed by atoms with Gasteiger partial charge in [0, 0.05) is 23.1 Å². The van der Waals surface area contributed by atoms with Crippen molar-refractivity contribution in [2.24, 2.45) is 0 Å². The summed E-state index contributed by atoms with van der Waals surface area (Å²) in [6, 6.07) is 11.3. The summed E-state index contributed by atoms with van der Waals surface area (Å²) in [5, 5.41) is 3.03. The van der Waals surface area contributed by atoms with E-state index < -0.39 is 0 Å². The molecule has 1 N–H and O–H groups in total. The van der Waals surface area contributed by atoms with Gasteiger partial charge in [0.2, 0.25) is 0 Å². The fraction of sp³-hybridized carbons (Fsp3) is 0.333. The Balaban J connectivity index is 2.02. The maximum absolute atomic E-state index is 14.3. The molecule has 0 atom stereocenters. The van der Waals surface area contributed by atoms with Gasteiger partial charge in [0.15, 0.2) is 0 Å². The molecule has 0 bridgehead atoms. The molecule has 3 heteroatoms. The van der Waals surface area contributed by atoms with Gasteiger partial charge in [0.1, 0.15) is 11.6 Å². The van der Waals surface area contributed by atoms with Crippen LogP contribution in [-0.4, -0.2) is 13.7 Å². The molecule has 0 unspecified atom stereocenters. The van der Waals surface area contributed by atoms with Crippen LogP contribution >= 0.6 is 0 Å². The Hall–Kier alpha value is -1.87. The third kappa shape index (κ3) is 2.54. The first-order valence-corrected chi connectivity index (χ1v) is 7.22. The molecule has 2 nitrogen and oxygen atoms in total. The van der Waals surface area contributed by atoms with Gasteiger partial charge in [-0.15, -0.1) is 0 Å². The normalized spacial score (nSPS) is 15.6. The maximum atomic E-state index is 14.3. The summed E-state index contributed by atoms with van der Waals surface area (Å²) in [5.74, 6) is 0.732. The van der Waals surface area contributed by atoms with Gasteiger partial charge >= 0.3 is 0 Å². The van der Waals surface area contributed by atoms with Gasteiger partial charge in [-0.3, -0.25) is 0 Å². The third-order valence-electron chi connectivity index (χ3n) is 4.02. The Morgan fingerprint density at radius 3 is 2.71 bits per heavy atom. The van der Waals surface area contributed by atoms with Crippen molar-refractivity contribution in [1.82, 2.24) is 5.32 Å². The first kappa shape index (κ1) is 14.1. The summed E-state index contributed by atoms with van der Waals surface area (Å²) in [7, 11) is 1.86. The molecular weight excluding hydrogens is 265 g/mol. The van der Waals surface area contributed by atoms with Crippen LogP contribution in [0, 0.1) is 5.82 Å². The van der Waals surface area contributed by atoms with Crippen LogP contribution in [0.25, 0.3) is 11.1 Å². The number of hydrogen-bond acceptors (Lipinski definition) is 2. The summed E-state index contributed by atoms with van der Waals surface area (Å²) in [4.78, 5) is 0. The van der Waals surface area contributed by atoms with Crippen LogP contribution in [-0.2, 0) is 12.0 Å². The van der Waals surface area contributed by atoms with Crippen molar-refractivity contribution >= 4 is 0 Å². The molecule has 1 aliphatic heterocycles. The van der Waals surface area contributed by atoms with Crippen molar-refractivity contribution in [1.29, 1.82) is 0 Å². The standard InChI is InChI=1S/C18H20FNO/c1-18(2)11-21-17-7-5-13(9-15(17)18)14-6-4-12(10-20-3)8-16(14)19/h4-9,20H,10-11H2,1-3H3. The highest BCUT2D eigenvalue weighted by Gasteiger charge is 2.31. The van der Waals surface area contributed by atoms with Crippen molar-refractivity contribution in [2.45, 2.75) is 25.8 Å². The lowest BCUT2D eigenvalue weighted by atomic mass is 9.85.